The Morgan fingerprint density at radius 3 is 2.80 bits per heavy atom. The number of nitrogens with zero attached hydrogens (tertiary/aromatic N) is 2. The first-order valence-electron chi connectivity index (χ1n) is 7.91. The number of methoxy groups -OCH3 is 2. The maximum atomic E-state index is 12.9. The van der Waals surface area contributed by atoms with Crippen LogP contribution in [0.5, 0.6) is 17.4 Å². The molecule has 2 aromatic rings. The molecule has 1 atom stereocenters. The maximum absolute atomic E-state index is 12.9. The third-order valence-electron chi connectivity index (χ3n) is 4.07. The lowest BCUT2D eigenvalue weighted by Gasteiger charge is -2.19. The quantitative estimate of drug-likeness (QED) is 0.762. The summed E-state index contributed by atoms with van der Waals surface area (Å²) in [6.07, 6.45) is 2.34. The van der Waals surface area contributed by atoms with Gasteiger partial charge in [0.1, 0.15) is 6.10 Å². The molecular weight excluding hydrogens is 388 g/mol. The van der Waals surface area contributed by atoms with E-state index in [0.29, 0.717) is 36.0 Å². The Labute approximate surface area is 154 Å². The van der Waals surface area contributed by atoms with E-state index in [9.17, 15) is 4.79 Å². The Morgan fingerprint density at radius 2 is 2.08 bits per heavy atom. The lowest BCUT2D eigenvalue weighted by molar-refractivity contribution is 0.0767. The van der Waals surface area contributed by atoms with Crippen LogP contribution >= 0.6 is 15.9 Å². The van der Waals surface area contributed by atoms with Gasteiger partial charge in [-0.2, -0.15) is 0 Å². The van der Waals surface area contributed by atoms with Crippen LogP contribution < -0.4 is 14.2 Å². The predicted molar refractivity (Wildman–Crippen MR) is 96.4 cm³/mol. The van der Waals surface area contributed by atoms with Gasteiger partial charge in [-0.3, -0.25) is 4.79 Å². The van der Waals surface area contributed by atoms with Gasteiger partial charge in [0.25, 0.3) is 5.91 Å². The number of rotatable bonds is 5. The standard InChI is InChI=1S/C18H19BrN2O4/c1-23-15-7-3-5-13(16(15)24-2)18(22)21-10-8-12(11-21)25-17-14(19)6-4-9-20-17/h3-7,9,12H,8,10-11H2,1-2H3. The largest absolute Gasteiger partial charge is 0.493 e. The van der Waals surface area contributed by atoms with Crippen LogP contribution in [0.1, 0.15) is 16.8 Å². The van der Waals surface area contributed by atoms with Crippen LogP contribution in [0.15, 0.2) is 41.0 Å². The molecule has 1 fully saturated rings. The number of hydrogen-bond donors (Lipinski definition) is 0. The van der Waals surface area contributed by atoms with Crippen molar-refractivity contribution >= 4 is 21.8 Å². The number of benzene rings is 1. The van der Waals surface area contributed by atoms with Gasteiger partial charge < -0.3 is 19.1 Å². The van der Waals surface area contributed by atoms with Crippen LogP contribution in [-0.2, 0) is 0 Å². The number of carbonyl (C=O) groups excluding carboxylic acids is 1. The van der Waals surface area contributed by atoms with Crippen molar-refractivity contribution < 1.29 is 19.0 Å². The number of amides is 1. The van der Waals surface area contributed by atoms with Gasteiger partial charge in [-0.05, 0) is 40.2 Å². The lowest BCUT2D eigenvalue weighted by Crippen LogP contribution is -2.31. The second-order valence-corrected chi connectivity index (χ2v) is 6.47. The molecule has 1 aliphatic rings. The number of ether oxygens (including phenoxy) is 3. The van der Waals surface area contributed by atoms with E-state index in [1.54, 1.807) is 36.4 Å². The van der Waals surface area contributed by atoms with Gasteiger partial charge in [-0.1, -0.05) is 6.07 Å². The zero-order valence-electron chi connectivity index (χ0n) is 14.1. The average molecular weight is 407 g/mol. The molecule has 0 N–H and O–H groups in total. The Morgan fingerprint density at radius 1 is 1.24 bits per heavy atom. The molecule has 1 amide bonds. The Hall–Kier alpha value is -2.28. The highest BCUT2D eigenvalue weighted by atomic mass is 79.9. The van der Waals surface area contributed by atoms with Crippen molar-refractivity contribution in [2.75, 3.05) is 27.3 Å². The molecule has 1 unspecified atom stereocenters. The summed E-state index contributed by atoms with van der Waals surface area (Å²) < 4.78 is 17.4. The number of halogens is 1. The van der Waals surface area contributed by atoms with Crippen LogP contribution in [0.2, 0.25) is 0 Å². The van der Waals surface area contributed by atoms with Gasteiger partial charge in [-0.15, -0.1) is 0 Å². The van der Waals surface area contributed by atoms with Crippen LogP contribution in [0, 0.1) is 0 Å². The average Bonchev–Trinajstić information content (AvgIpc) is 3.10. The van der Waals surface area contributed by atoms with Gasteiger partial charge in [0, 0.05) is 19.2 Å². The summed E-state index contributed by atoms with van der Waals surface area (Å²) in [6, 6.07) is 9.00. The number of hydrogen-bond acceptors (Lipinski definition) is 5. The Bertz CT molecular complexity index is 768. The van der Waals surface area contributed by atoms with Crippen molar-refractivity contribution in [2.45, 2.75) is 12.5 Å². The molecule has 1 aromatic heterocycles. The molecule has 1 saturated heterocycles. The van der Waals surface area contributed by atoms with E-state index < -0.39 is 0 Å². The zero-order valence-corrected chi connectivity index (χ0v) is 15.7. The van der Waals surface area contributed by atoms with E-state index in [4.69, 9.17) is 14.2 Å². The van der Waals surface area contributed by atoms with E-state index in [-0.39, 0.29) is 12.0 Å². The van der Waals surface area contributed by atoms with E-state index in [2.05, 4.69) is 20.9 Å². The fraction of sp³-hybridized carbons (Fsp3) is 0.333. The molecule has 0 spiro atoms. The van der Waals surface area contributed by atoms with Crippen molar-refractivity contribution in [1.29, 1.82) is 0 Å². The van der Waals surface area contributed by atoms with Crippen molar-refractivity contribution in [3.8, 4) is 17.4 Å². The highest BCUT2D eigenvalue weighted by molar-refractivity contribution is 9.10. The minimum absolute atomic E-state index is 0.0910. The first kappa shape index (κ1) is 17.5. The number of para-hydroxylation sites is 1. The highest BCUT2D eigenvalue weighted by Crippen LogP contribution is 2.32. The van der Waals surface area contributed by atoms with E-state index in [1.807, 2.05) is 12.1 Å². The van der Waals surface area contributed by atoms with Gasteiger partial charge >= 0.3 is 0 Å². The molecule has 1 aromatic carbocycles. The number of likely N-dealkylation sites (tertiary alicyclic amines) is 1. The van der Waals surface area contributed by atoms with Crippen LogP contribution in [-0.4, -0.2) is 49.2 Å². The molecule has 1 aliphatic heterocycles. The van der Waals surface area contributed by atoms with E-state index in [1.165, 1.54) is 7.11 Å². The second-order valence-electron chi connectivity index (χ2n) is 5.61. The smallest absolute Gasteiger partial charge is 0.257 e. The minimum atomic E-state index is -0.0954. The van der Waals surface area contributed by atoms with Crippen molar-refractivity contribution in [1.82, 2.24) is 9.88 Å². The minimum Gasteiger partial charge on any atom is -0.493 e. The number of pyridine rings is 1. The molecule has 7 heteroatoms. The van der Waals surface area contributed by atoms with Gasteiger partial charge in [0.2, 0.25) is 5.88 Å². The topological polar surface area (TPSA) is 60.9 Å². The summed E-state index contributed by atoms with van der Waals surface area (Å²) in [5.41, 5.74) is 0.488. The number of aromatic nitrogens is 1. The maximum Gasteiger partial charge on any atom is 0.257 e. The third kappa shape index (κ3) is 3.71. The summed E-state index contributed by atoms with van der Waals surface area (Å²) >= 11 is 3.42. The summed E-state index contributed by atoms with van der Waals surface area (Å²) in [4.78, 5) is 18.8. The Balaban J connectivity index is 1.72. The molecule has 0 radical (unpaired) electrons. The Kier molecular flexibility index (Phi) is 5.43. The molecule has 3 rings (SSSR count). The molecule has 0 saturated carbocycles. The van der Waals surface area contributed by atoms with E-state index in [0.717, 1.165) is 10.9 Å². The summed E-state index contributed by atoms with van der Waals surface area (Å²) in [7, 11) is 3.08. The molecule has 25 heavy (non-hydrogen) atoms. The summed E-state index contributed by atoms with van der Waals surface area (Å²) in [5.74, 6) is 1.44. The summed E-state index contributed by atoms with van der Waals surface area (Å²) in [5, 5.41) is 0. The highest BCUT2D eigenvalue weighted by Gasteiger charge is 2.31. The number of carbonyl (C=O) groups is 1. The van der Waals surface area contributed by atoms with Gasteiger partial charge in [0.15, 0.2) is 11.5 Å². The lowest BCUT2D eigenvalue weighted by atomic mass is 10.1. The SMILES string of the molecule is COc1cccc(C(=O)N2CCC(Oc3ncccc3Br)C2)c1OC. The van der Waals surface area contributed by atoms with Crippen LogP contribution in [0.4, 0.5) is 0 Å². The normalized spacial score (nSPS) is 16.6. The first-order chi connectivity index (χ1) is 12.1. The van der Waals surface area contributed by atoms with Crippen molar-refractivity contribution in [3.63, 3.8) is 0 Å². The first-order valence-corrected chi connectivity index (χ1v) is 8.70. The van der Waals surface area contributed by atoms with Gasteiger partial charge in [-0.25, -0.2) is 4.98 Å². The fourth-order valence-electron chi connectivity index (χ4n) is 2.85. The predicted octanol–water partition coefficient (Wildman–Crippen LogP) is 3.15. The fourth-order valence-corrected chi connectivity index (χ4v) is 3.20. The molecule has 0 bridgehead atoms. The van der Waals surface area contributed by atoms with E-state index >= 15 is 0 Å². The monoisotopic (exact) mass is 406 g/mol. The second kappa shape index (κ2) is 7.74. The third-order valence-corrected chi connectivity index (χ3v) is 4.67. The zero-order chi connectivity index (χ0) is 17.8. The molecule has 2 heterocycles. The molecular formula is C18H19BrN2O4. The molecule has 0 aliphatic carbocycles. The summed E-state index contributed by atoms with van der Waals surface area (Å²) in [6.45, 7) is 1.12. The van der Waals surface area contributed by atoms with Crippen molar-refractivity contribution in [3.05, 3.63) is 46.6 Å². The van der Waals surface area contributed by atoms with Crippen molar-refractivity contribution in [2.24, 2.45) is 0 Å². The van der Waals surface area contributed by atoms with Crippen LogP contribution in [0.3, 0.4) is 0 Å². The van der Waals surface area contributed by atoms with Crippen LogP contribution in [0.25, 0.3) is 0 Å². The molecule has 132 valence electrons. The molecule has 6 nitrogen and oxygen atoms in total. The van der Waals surface area contributed by atoms with Gasteiger partial charge in [0.05, 0.1) is 30.8 Å².